The predicted molar refractivity (Wildman–Crippen MR) is 67.9 cm³/mol. The average molecular weight is 273 g/mol. The Kier molecular flexibility index (Phi) is 3.63. The average Bonchev–Trinajstić information content (AvgIpc) is 2.90. The number of aromatic nitrogens is 1. The molecule has 94 valence electrons. The van der Waals surface area contributed by atoms with Gasteiger partial charge in [-0.15, -0.1) is 0 Å². The second kappa shape index (κ2) is 5.37. The normalized spacial score (nSPS) is 11.5. The fourth-order valence-corrected chi connectivity index (χ4v) is 2.30. The van der Waals surface area contributed by atoms with Gasteiger partial charge in [0.25, 0.3) is 0 Å². The predicted octanol–water partition coefficient (Wildman–Crippen LogP) is 2.54. The summed E-state index contributed by atoms with van der Waals surface area (Å²) in [7, 11) is 0. The molecular weight excluding hydrogens is 266 g/mol. The summed E-state index contributed by atoms with van der Waals surface area (Å²) in [5.74, 6) is -1.52. The molecule has 0 spiro atoms. The maximum Gasteiger partial charge on any atom is 0.324 e. The van der Waals surface area contributed by atoms with Crippen LogP contribution in [-0.2, 0) is 0 Å². The molecule has 19 heavy (non-hydrogen) atoms. The zero-order chi connectivity index (χ0) is 13.8. The maximum absolute atomic E-state index is 12.1. The van der Waals surface area contributed by atoms with Crippen LogP contribution in [0.15, 0.2) is 36.5 Å². The first-order valence-electron chi connectivity index (χ1n) is 5.22. The van der Waals surface area contributed by atoms with Crippen LogP contribution in [0.25, 0.3) is 0 Å². The van der Waals surface area contributed by atoms with Crippen LogP contribution in [0.3, 0.4) is 0 Å². The largest absolute Gasteiger partial charge is 0.324 e. The number of Topliss-reactive ketones (excluding diaryl/α,β-unsaturated/α-hetero) is 1. The zero-order valence-corrected chi connectivity index (χ0v) is 10.3. The molecule has 0 aliphatic carbocycles. The van der Waals surface area contributed by atoms with E-state index in [-0.39, 0.29) is 9.88 Å². The molecular formula is C12H7N3O3S. The molecule has 0 saturated carbocycles. The van der Waals surface area contributed by atoms with Gasteiger partial charge in [0.15, 0.2) is 11.7 Å². The Morgan fingerprint density at radius 2 is 2.21 bits per heavy atom. The Morgan fingerprint density at radius 3 is 2.74 bits per heavy atom. The van der Waals surface area contributed by atoms with Gasteiger partial charge in [0, 0.05) is 12.3 Å². The molecule has 7 heteroatoms. The first kappa shape index (κ1) is 12.9. The molecule has 2 rings (SSSR count). The SMILES string of the molecule is N#CC(C(=O)c1ccc([N+](=O)[O-])s1)c1ccccn1. The van der Waals surface area contributed by atoms with Crippen molar-refractivity contribution in [3.05, 3.63) is 57.2 Å². The van der Waals surface area contributed by atoms with Crippen molar-refractivity contribution in [3.8, 4) is 6.07 Å². The Morgan fingerprint density at radius 1 is 1.42 bits per heavy atom. The Hall–Kier alpha value is -2.59. The monoisotopic (exact) mass is 273 g/mol. The highest BCUT2D eigenvalue weighted by atomic mass is 32.1. The second-order valence-corrected chi connectivity index (χ2v) is 4.64. The first-order valence-corrected chi connectivity index (χ1v) is 6.04. The molecule has 0 aliphatic heterocycles. The summed E-state index contributed by atoms with van der Waals surface area (Å²) in [5, 5.41) is 19.5. The van der Waals surface area contributed by atoms with E-state index in [0.29, 0.717) is 5.69 Å². The number of pyridine rings is 1. The molecule has 0 bridgehead atoms. The van der Waals surface area contributed by atoms with Gasteiger partial charge < -0.3 is 0 Å². The lowest BCUT2D eigenvalue weighted by Gasteiger charge is -2.04. The maximum atomic E-state index is 12.1. The van der Waals surface area contributed by atoms with E-state index in [0.717, 1.165) is 11.3 Å². The Labute approximate surface area is 112 Å². The van der Waals surface area contributed by atoms with Crippen molar-refractivity contribution in [3.63, 3.8) is 0 Å². The summed E-state index contributed by atoms with van der Waals surface area (Å²) in [5.41, 5.74) is 0.339. The van der Waals surface area contributed by atoms with E-state index < -0.39 is 16.6 Å². The summed E-state index contributed by atoms with van der Waals surface area (Å²) in [6.45, 7) is 0. The van der Waals surface area contributed by atoms with Crippen molar-refractivity contribution >= 4 is 22.1 Å². The highest BCUT2D eigenvalue weighted by Crippen LogP contribution is 2.28. The minimum absolute atomic E-state index is 0.124. The lowest BCUT2D eigenvalue weighted by molar-refractivity contribution is -0.380. The van der Waals surface area contributed by atoms with Gasteiger partial charge in [-0.1, -0.05) is 17.4 Å². The minimum Gasteiger partial charge on any atom is -0.291 e. The first-order chi connectivity index (χ1) is 9.13. The van der Waals surface area contributed by atoms with E-state index in [2.05, 4.69) is 4.98 Å². The van der Waals surface area contributed by atoms with Crippen LogP contribution < -0.4 is 0 Å². The summed E-state index contributed by atoms with van der Waals surface area (Å²) >= 11 is 0.760. The van der Waals surface area contributed by atoms with Gasteiger partial charge in [0.05, 0.1) is 21.6 Å². The van der Waals surface area contributed by atoms with Crippen LogP contribution in [0.1, 0.15) is 21.3 Å². The fraction of sp³-hybridized carbons (Fsp3) is 0.0833. The van der Waals surface area contributed by atoms with Crippen LogP contribution in [0, 0.1) is 21.4 Å². The number of carbonyl (C=O) groups excluding carboxylic acids is 1. The third kappa shape index (κ3) is 2.64. The quantitative estimate of drug-likeness (QED) is 0.484. The van der Waals surface area contributed by atoms with Crippen molar-refractivity contribution in [1.29, 1.82) is 5.26 Å². The summed E-state index contributed by atoms with van der Waals surface area (Å²) in [6.07, 6.45) is 1.49. The van der Waals surface area contributed by atoms with E-state index in [1.165, 1.54) is 18.3 Å². The number of hydrogen-bond acceptors (Lipinski definition) is 6. The molecule has 0 fully saturated rings. The standard InChI is InChI=1S/C12H7N3O3S/c13-7-8(9-3-1-2-6-14-9)12(16)10-4-5-11(19-10)15(17)18/h1-6,8H. The summed E-state index contributed by atoms with van der Waals surface area (Å²) < 4.78 is 0. The van der Waals surface area contributed by atoms with E-state index in [1.807, 2.05) is 6.07 Å². The molecule has 2 heterocycles. The number of nitro groups is 1. The van der Waals surface area contributed by atoms with Gasteiger partial charge in [-0.25, -0.2) is 0 Å². The molecule has 0 aliphatic rings. The minimum atomic E-state index is -1.04. The fourth-order valence-electron chi connectivity index (χ4n) is 1.51. The number of thiophene rings is 1. The van der Waals surface area contributed by atoms with E-state index in [9.17, 15) is 14.9 Å². The third-order valence-electron chi connectivity index (χ3n) is 2.39. The molecule has 0 saturated heterocycles. The highest BCUT2D eigenvalue weighted by Gasteiger charge is 2.25. The highest BCUT2D eigenvalue weighted by molar-refractivity contribution is 7.17. The van der Waals surface area contributed by atoms with Crippen molar-refractivity contribution in [2.75, 3.05) is 0 Å². The van der Waals surface area contributed by atoms with E-state index >= 15 is 0 Å². The van der Waals surface area contributed by atoms with Crippen molar-refractivity contribution < 1.29 is 9.72 Å². The van der Waals surface area contributed by atoms with Gasteiger partial charge >= 0.3 is 5.00 Å². The van der Waals surface area contributed by atoms with Crippen LogP contribution in [0.2, 0.25) is 0 Å². The Balaban J connectivity index is 2.31. The molecule has 0 N–H and O–H groups in total. The number of nitriles is 1. The van der Waals surface area contributed by atoms with Crippen LogP contribution >= 0.6 is 11.3 Å². The van der Waals surface area contributed by atoms with Crippen molar-refractivity contribution in [2.45, 2.75) is 5.92 Å². The van der Waals surface area contributed by atoms with Gasteiger partial charge in [0.1, 0.15) is 0 Å². The number of nitrogens with zero attached hydrogens (tertiary/aromatic N) is 3. The number of hydrogen-bond donors (Lipinski definition) is 0. The van der Waals surface area contributed by atoms with Gasteiger partial charge in [-0.2, -0.15) is 5.26 Å². The number of rotatable bonds is 4. The third-order valence-corrected chi connectivity index (χ3v) is 3.44. The van der Waals surface area contributed by atoms with Crippen LogP contribution in [-0.4, -0.2) is 15.7 Å². The van der Waals surface area contributed by atoms with Gasteiger partial charge in [-0.05, 0) is 18.2 Å². The summed E-state index contributed by atoms with van der Waals surface area (Å²) in [6, 6.07) is 9.43. The Bertz CT molecular complexity index is 660. The molecule has 0 radical (unpaired) electrons. The summed E-state index contributed by atoms with van der Waals surface area (Å²) in [4.78, 5) is 26.3. The van der Waals surface area contributed by atoms with Crippen molar-refractivity contribution in [2.24, 2.45) is 0 Å². The van der Waals surface area contributed by atoms with Crippen LogP contribution in [0.4, 0.5) is 5.00 Å². The smallest absolute Gasteiger partial charge is 0.291 e. The zero-order valence-electron chi connectivity index (χ0n) is 9.52. The number of carbonyl (C=O) groups is 1. The molecule has 2 aromatic rings. The molecule has 1 unspecified atom stereocenters. The van der Waals surface area contributed by atoms with Crippen molar-refractivity contribution in [1.82, 2.24) is 4.98 Å². The van der Waals surface area contributed by atoms with Gasteiger partial charge in [0.2, 0.25) is 0 Å². The lowest BCUT2D eigenvalue weighted by atomic mass is 10.0. The second-order valence-electron chi connectivity index (χ2n) is 3.58. The molecule has 1 atom stereocenters. The molecule has 0 amide bonds. The molecule has 2 aromatic heterocycles. The lowest BCUT2D eigenvalue weighted by Crippen LogP contribution is -2.11. The molecule has 0 aromatic carbocycles. The van der Waals surface area contributed by atoms with Gasteiger partial charge in [-0.3, -0.25) is 19.9 Å². The van der Waals surface area contributed by atoms with Crippen LogP contribution in [0.5, 0.6) is 0 Å². The molecule has 6 nitrogen and oxygen atoms in total. The van der Waals surface area contributed by atoms with E-state index in [4.69, 9.17) is 5.26 Å². The number of ketones is 1. The topological polar surface area (TPSA) is 96.9 Å². The van der Waals surface area contributed by atoms with E-state index in [1.54, 1.807) is 18.2 Å².